The maximum atomic E-state index is 13.9. The van der Waals surface area contributed by atoms with Crippen LogP contribution in [0, 0.1) is 5.92 Å². The molecular weight excluding hydrogens is 448 g/mol. The highest BCUT2D eigenvalue weighted by Crippen LogP contribution is 2.37. The van der Waals surface area contributed by atoms with Gasteiger partial charge in [0.15, 0.2) is 8.32 Å². The zero-order chi connectivity index (χ0) is 24.4. The smallest absolute Gasteiger partial charge is 0.252 e. The van der Waals surface area contributed by atoms with Crippen LogP contribution in [0.25, 0.3) is 0 Å². The van der Waals surface area contributed by atoms with Crippen molar-refractivity contribution < 1.29 is 9.22 Å². The van der Waals surface area contributed by atoms with Crippen LogP contribution >= 0.6 is 11.6 Å². The number of amides is 1. The number of carbonyl (C=O) groups is 1. The fraction of sp³-hybridized carbons (Fsp3) is 0.481. The Bertz CT molecular complexity index is 1010. The summed E-state index contributed by atoms with van der Waals surface area (Å²) in [6.45, 7) is 16.4. The van der Waals surface area contributed by atoms with E-state index >= 15 is 0 Å². The minimum absolute atomic E-state index is 0.0256. The zero-order valence-electron chi connectivity index (χ0n) is 21.0. The molecule has 178 valence electrons. The Kier molecular flexibility index (Phi) is 7.87. The normalized spacial score (nSPS) is 17.9. The summed E-state index contributed by atoms with van der Waals surface area (Å²) < 4.78 is 6.44. The second-order valence-electron chi connectivity index (χ2n) is 10.4. The van der Waals surface area contributed by atoms with Crippen LogP contribution in [0.3, 0.4) is 0 Å². The molecule has 2 aromatic rings. The van der Waals surface area contributed by atoms with Crippen LogP contribution in [0.4, 0.5) is 5.69 Å². The number of hydrogen-bond acceptors (Lipinski definition) is 3. The molecule has 4 nitrogen and oxygen atoms in total. The minimum atomic E-state index is -1.92. The number of aliphatic imine (C=N–C) groups is 1. The molecular formula is C27H37ClN2O2Si. The average molecular weight is 485 g/mol. The maximum Gasteiger partial charge on any atom is 0.252 e. The van der Waals surface area contributed by atoms with Gasteiger partial charge in [0, 0.05) is 22.7 Å². The van der Waals surface area contributed by atoms with E-state index < -0.39 is 14.4 Å². The van der Waals surface area contributed by atoms with E-state index in [2.05, 4.69) is 47.7 Å². The van der Waals surface area contributed by atoms with Crippen molar-refractivity contribution in [2.75, 3.05) is 18.1 Å². The van der Waals surface area contributed by atoms with E-state index in [1.54, 1.807) is 0 Å². The maximum absolute atomic E-state index is 13.9. The molecule has 0 aliphatic carbocycles. The molecule has 1 heterocycles. The van der Waals surface area contributed by atoms with Crippen LogP contribution < -0.4 is 4.90 Å². The topological polar surface area (TPSA) is 41.9 Å². The standard InChI is InChI=1S/C27H37ClN2O2Si/c1-8-19(2)24-26(31)30(16-17-32-33(6,7)27(3,4)5)23-15-14-21(28)18-22(23)25(29-24)20-12-10-9-11-13-20/h9-15,18-19,24H,8,16-17H2,1-7H3/t19?,24-/m0/s1. The fourth-order valence-electron chi connectivity index (χ4n) is 3.73. The summed E-state index contributed by atoms with van der Waals surface area (Å²) in [5.74, 6) is 0.141. The first-order chi connectivity index (χ1) is 15.5. The number of hydrogen-bond donors (Lipinski definition) is 0. The molecule has 0 spiro atoms. The predicted octanol–water partition coefficient (Wildman–Crippen LogP) is 6.96. The van der Waals surface area contributed by atoms with Gasteiger partial charge in [-0.2, -0.15) is 0 Å². The lowest BCUT2D eigenvalue weighted by Crippen LogP contribution is -2.46. The molecule has 3 rings (SSSR count). The van der Waals surface area contributed by atoms with Crippen molar-refractivity contribution in [1.82, 2.24) is 0 Å². The van der Waals surface area contributed by atoms with Gasteiger partial charge in [0.05, 0.1) is 18.0 Å². The van der Waals surface area contributed by atoms with Gasteiger partial charge < -0.3 is 9.33 Å². The van der Waals surface area contributed by atoms with Gasteiger partial charge >= 0.3 is 0 Å². The molecule has 0 saturated heterocycles. The zero-order valence-corrected chi connectivity index (χ0v) is 22.7. The summed E-state index contributed by atoms with van der Waals surface area (Å²) in [4.78, 5) is 20.8. The lowest BCUT2D eigenvalue weighted by atomic mass is 9.98. The Hall–Kier alpha value is -1.95. The molecule has 1 unspecified atom stereocenters. The molecule has 0 radical (unpaired) electrons. The van der Waals surface area contributed by atoms with Crippen molar-refractivity contribution in [2.45, 2.75) is 65.2 Å². The van der Waals surface area contributed by atoms with Crippen LogP contribution in [-0.4, -0.2) is 39.1 Å². The van der Waals surface area contributed by atoms with Gasteiger partial charge in [-0.05, 0) is 42.2 Å². The first kappa shape index (κ1) is 25.7. The molecule has 1 amide bonds. The molecule has 2 aromatic carbocycles. The fourth-order valence-corrected chi connectivity index (χ4v) is 4.94. The molecule has 1 aliphatic heterocycles. The Labute approximate surface area is 205 Å². The summed E-state index contributed by atoms with van der Waals surface area (Å²) in [6.07, 6.45) is 0.868. The van der Waals surface area contributed by atoms with E-state index in [4.69, 9.17) is 21.0 Å². The Morgan fingerprint density at radius 3 is 2.42 bits per heavy atom. The predicted molar refractivity (Wildman–Crippen MR) is 142 cm³/mol. The Balaban J connectivity index is 2.06. The summed E-state index contributed by atoms with van der Waals surface area (Å²) in [7, 11) is -1.92. The summed E-state index contributed by atoms with van der Waals surface area (Å²) >= 11 is 6.43. The van der Waals surface area contributed by atoms with Crippen LogP contribution in [0.1, 0.15) is 52.2 Å². The summed E-state index contributed by atoms with van der Waals surface area (Å²) in [5.41, 5.74) is 3.54. The SMILES string of the molecule is CCC(C)[C@@H]1N=C(c2ccccc2)c2cc(Cl)ccc2N(CCO[Si](C)(C)C(C)(C)C)C1=O. The van der Waals surface area contributed by atoms with Gasteiger partial charge in [-0.1, -0.05) is 83.0 Å². The van der Waals surface area contributed by atoms with E-state index in [-0.39, 0.29) is 16.9 Å². The number of nitrogens with zero attached hydrogens (tertiary/aromatic N) is 2. The number of rotatable bonds is 7. The Morgan fingerprint density at radius 1 is 1.15 bits per heavy atom. The minimum Gasteiger partial charge on any atom is -0.415 e. The molecule has 6 heteroatoms. The van der Waals surface area contributed by atoms with Crippen LogP contribution in [0.5, 0.6) is 0 Å². The highest BCUT2D eigenvalue weighted by Gasteiger charge is 2.38. The number of carbonyl (C=O) groups excluding carboxylic acids is 1. The van der Waals surface area contributed by atoms with Gasteiger partial charge in [0.1, 0.15) is 6.04 Å². The van der Waals surface area contributed by atoms with Crippen molar-refractivity contribution >= 4 is 37.2 Å². The number of benzene rings is 2. The van der Waals surface area contributed by atoms with Crippen molar-refractivity contribution in [3.05, 3.63) is 64.7 Å². The number of fused-ring (bicyclic) bond motifs is 1. The van der Waals surface area contributed by atoms with Gasteiger partial charge in [-0.3, -0.25) is 9.79 Å². The second kappa shape index (κ2) is 10.1. The van der Waals surface area contributed by atoms with E-state index in [0.29, 0.717) is 18.2 Å². The quantitative estimate of drug-likeness (QED) is 0.398. The van der Waals surface area contributed by atoms with Crippen molar-refractivity contribution in [3.63, 3.8) is 0 Å². The highest BCUT2D eigenvalue weighted by atomic mass is 35.5. The summed E-state index contributed by atoms with van der Waals surface area (Å²) in [5, 5.41) is 0.744. The number of anilines is 1. The third-order valence-corrected chi connectivity index (χ3v) is 11.9. The molecule has 1 aliphatic rings. The monoisotopic (exact) mass is 484 g/mol. The van der Waals surface area contributed by atoms with E-state index in [9.17, 15) is 4.79 Å². The van der Waals surface area contributed by atoms with Crippen molar-refractivity contribution in [3.8, 4) is 0 Å². The van der Waals surface area contributed by atoms with Crippen molar-refractivity contribution in [2.24, 2.45) is 10.9 Å². The van der Waals surface area contributed by atoms with E-state index in [0.717, 1.165) is 28.9 Å². The molecule has 0 saturated carbocycles. The summed E-state index contributed by atoms with van der Waals surface area (Å²) in [6, 6.07) is 15.3. The molecule has 0 N–H and O–H groups in total. The largest absolute Gasteiger partial charge is 0.415 e. The first-order valence-electron chi connectivity index (χ1n) is 11.8. The van der Waals surface area contributed by atoms with Crippen molar-refractivity contribution in [1.29, 1.82) is 0 Å². The number of halogens is 1. The third-order valence-electron chi connectivity index (χ3n) is 7.11. The van der Waals surface area contributed by atoms with Crippen LogP contribution in [0.15, 0.2) is 53.5 Å². The van der Waals surface area contributed by atoms with E-state index in [1.165, 1.54) is 0 Å². The lowest BCUT2D eigenvalue weighted by molar-refractivity contribution is -0.120. The molecule has 0 bridgehead atoms. The average Bonchev–Trinajstić information content (AvgIpc) is 2.87. The van der Waals surface area contributed by atoms with Gasteiger partial charge in [-0.25, -0.2) is 0 Å². The highest BCUT2D eigenvalue weighted by molar-refractivity contribution is 6.74. The Morgan fingerprint density at radius 2 is 1.82 bits per heavy atom. The van der Waals surface area contributed by atoms with Crippen LogP contribution in [0.2, 0.25) is 23.2 Å². The third kappa shape index (κ3) is 5.59. The number of benzodiazepines with no additional fused rings is 1. The van der Waals surface area contributed by atoms with Crippen LogP contribution in [-0.2, 0) is 9.22 Å². The molecule has 2 atom stereocenters. The molecule has 0 fully saturated rings. The van der Waals surface area contributed by atoms with E-state index in [1.807, 2.05) is 53.4 Å². The van der Waals surface area contributed by atoms with Gasteiger partial charge in [0.25, 0.3) is 5.91 Å². The van der Waals surface area contributed by atoms with Gasteiger partial charge in [-0.15, -0.1) is 0 Å². The first-order valence-corrected chi connectivity index (χ1v) is 15.1. The van der Waals surface area contributed by atoms with Gasteiger partial charge in [0.2, 0.25) is 0 Å². The molecule has 33 heavy (non-hydrogen) atoms. The molecule has 0 aromatic heterocycles. The lowest BCUT2D eigenvalue weighted by Gasteiger charge is -2.37. The second-order valence-corrected chi connectivity index (χ2v) is 15.7.